The largest absolute Gasteiger partial charge is 0.477 e. The number of fused-ring (bicyclic) bond motifs is 2. The lowest BCUT2D eigenvalue weighted by Crippen LogP contribution is -2.43. The molecular weight excluding hydrogens is 849 g/mol. The molecule has 2 aromatic heterocycles. The number of ether oxygens (including phenoxy) is 3. The van der Waals surface area contributed by atoms with Crippen molar-refractivity contribution in [2.75, 3.05) is 32.8 Å². The van der Waals surface area contributed by atoms with Crippen molar-refractivity contribution in [3.63, 3.8) is 0 Å². The van der Waals surface area contributed by atoms with Gasteiger partial charge in [-0.2, -0.15) is 0 Å². The van der Waals surface area contributed by atoms with E-state index in [1.54, 1.807) is 48.5 Å². The van der Waals surface area contributed by atoms with Crippen LogP contribution in [0, 0.1) is 0 Å². The molecule has 0 unspecified atom stereocenters. The van der Waals surface area contributed by atoms with E-state index in [-0.39, 0.29) is 69.5 Å². The van der Waals surface area contributed by atoms with Gasteiger partial charge < -0.3 is 39.8 Å². The van der Waals surface area contributed by atoms with Crippen LogP contribution in [0.2, 0.25) is 0 Å². The van der Waals surface area contributed by atoms with E-state index in [2.05, 4.69) is 23.8 Å². The highest BCUT2D eigenvalue weighted by Crippen LogP contribution is 2.22. The summed E-state index contributed by atoms with van der Waals surface area (Å²) in [4.78, 5) is 79.0. The van der Waals surface area contributed by atoms with Gasteiger partial charge in [0.05, 0.1) is 31.1 Å². The molecule has 2 aliphatic heterocycles. The Kier molecular flexibility index (Phi) is 16.8. The summed E-state index contributed by atoms with van der Waals surface area (Å²) in [5.41, 5.74) is 2.43. The van der Waals surface area contributed by atoms with Crippen LogP contribution in [0.5, 0.6) is 0 Å². The first-order chi connectivity index (χ1) is 31.2. The highest BCUT2D eigenvalue weighted by Gasteiger charge is 2.35. The molecule has 0 radical (unpaired) electrons. The van der Waals surface area contributed by atoms with Crippen LogP contribution in [-0.4, -0.2) is 101 Å². The zero-order valence-electron chi connectivity index (χ0n) is 39.2. The molecule has 0 spiro atoms. The molecule has 66 heavy (non-hydrogen) atoms. The van der Waals surface area contributed by atoms with E-state index in [0.717, 1.165) is 16.7 Å². The second-order valence-electron chi connectivity index (χ2n) is 18.1. The Morgan fingerprint density at radius 3 is 1.41 bits per heavy atom. The van der Waals surface area contributed by atoms with Crippen LogP contribution < -0.4 is 22.0 Å². The van der Waals surface area contributed by atoms with Gasteiger partial charge in [-0.05, 0) is 70.7 Å². The van der Waals surface area contributed by atoms with Crippen LogP contribution in [0.15, 0.2) is 94.6 Å². The van der Waals surface area contributed by atoms with Crippen molar-refractivity contribution in [1.82, 2.24) is 38.7 Å². The first kappa shape index (κ1) is 50.3. The van der Waals surface area contributed by atoms with Gasteiger partial charge in [0, 0.05) is 65.4 Å². The van der Waals surface area contributed by atoms with E-state index in [4.69, 9.17) is 14.2 Å². The molecule has 0 bridgehead atoms. The molecule has 2 amide bonds. The Morgan fingerprint density at radius 1 is 0.636 bits per heavy atom. The first-order valence-corrected chi connectivity index (χ1v) is 22.0. The normalized spacial score (nSPS) is 13.4. The molecule has 0 saturated heterocycles. The van der Waals surface area contributed by atoms with Gasteiger partial charge in [-0.25, -0.2) is 28.8 Å². The number of carboxylic acids is 1. The van der Waals surface area contributed by atoms with Crippen molar-refractivity contribution >= 4 is 24.1 Å². The number of esters is 1. The monoisotopic (exact) mass is 912 g/mol. The third kappa shape index (κ3) is 13.4. The lowest BCUT2D eigenvalue weighted by atomic mass is 10.2. The maximum atomic E-state index is 13.2. The number of carbonyl (C=O) groups is 4. The van der Waals surface area contributed by atoms with Crippen molar-refractivity contribution in [1.29, 1.82) is 0 Å². The van der Waals surface area contributed by atoms with Gasteiger partial charge in [-0.1, -0.05) is 73.8 Å². The van der Waals surface area contributed by atoms with E-state index < -0.39 is 41.0 Å². The topological polar surface area (TPSA) is 201 Å². The maximum absolute atomic E-state index is 13.2. The Bertz CT molecular complexity index is 2510. The van der Waals surface area contributed by atoms with Crippen molar-refractivity contribution < 1.29 is 38.5 Å². The summed E-state index contributed by atoms with van der Waals surface area (Å²) in [5.74, 6) is -1.81. The van der Waals surface area contributed by atoms with Gasteiger partial charge >= 0.3 is 35.5 Å². The smallest absolute Gasteiger partial charge is 0.410 e. The number of carbonyl (C=O) groups excluding carboxylic acids is 3. The van der Waals surface area contributed by atoms with Crippen molar-refractivity contribution in [2.45, 2.75) is 112 Å². The number of aromatic carboxylic acids is 1. The number of carboxylic acid groups (broad SMARTS) is 1. The standard InChI is InChI=1S/C25H34N4O5.C23H30N4O5/c1-6-33-22(30)21-20-17-27(24(32)34-25(3,4)5)12-13-28(20)23(31)29(21)16-18(2)14-26-15-19-10-8-7-9-11-19;1-16(12-24-13-17-8-6-5-7-9-17)14-27-19(20(28)29)18-15-25(10-11-26(18)21(27)30)22(31)32-23(2,3)4/h7-11,26H,2,6,12-17H2,1,3-5H3;5-9,24H,1,10-15H2,2-4H3,(H,28,29). The quantitative estimate of drug-likeness (QED) is 0.0784. The van der Waals surface area contributed by atoms with Gasteiger partial charge in [0.15, 0.2) is 11.4 Å². The van der Waals surface area contributed by atoms with Crippen LogP contribution in [-0.2, 0) is 66.6 Å². The molecule has 2 aliphatic rings. The van der Waals surface area contributed by atoms with Crippen LogP contribution in [0.3, 0.4) is 0 Å². The van der Waals surface area contributed by atoms with E-state index in [9.17, 15) is 33.9 Å². The molecule has 4 heterocycles. The summed E-state index contributed by atoms with van der Waals surface area (Å²) in [7, 11) is 0. The second kappa shape index (κ2) is 22.0. The summed E-state index contributed by atoms with van der Waals surface area (Å²) in [6, 6.07) is 19.8. The minimum Gasteiger partial charge on any atom is -0.477 e. The Morgan fingerprint density at radius 2 is 1.03 bits per heavy atom. The fourth-order valence-corrected chi connectivity index (χ4v) is 7.47. The van der Waals surface area contributed by atoms with Crippen molar-refractivity contribution in [3.8, 4) is 0 Å². The molecule has 0 atom stereocenters. The van der Waals surface area contributed by atoms with Crippen LogP contribution in [0.4, 0.5) is 9.59 Å². The zero-order chi connectivity index (χ0) is 48.3. The molecule has 3 N–H and O–H groups in total. The SMILES string of the molecule is C=C(CNCc1ccccc1)Cn1c(C(=O)O)c2n(c1=O)CCN(C(=O)OC(C)(C)C)C2.C=C(CNCc1ccccc1)Cn1c(C(=O)OCC)c2n(c1=O)CCN(C(=O)OC(C)(C)C)C2. The highest BCUT2D eigenvalue weighted by molar-refractivity contribution is 5.89. The van der Waals surface area contributed by atoms with E-state index in [1.165, 1.54) is 28.1 Å². The molecule has 0 saturated carbocycles. The lowest BCUT2D eigenvalue weighted by molar-refractivity contribution is 0.0186. The number of nitrogens with zero attached hydrogens (tertiary/aromatic N) is 6. The van der Waals surface area contributed by atoms with Crippen LogP contribution in [0.1, 0.15) is 92.0 Å². The second-order valence-corrected chi connectivity index (χ2v) is 18.1. The zero-order valence-corrected chi connectivity index (χ0v) is 39.2. The van der Waals surface area contributed by atoms with Gasteiger partial charge in [0.1, 0.15) is 11.2 Å². The predicted octanol–water partition coefficient (Wildman–Crippen LogP) is 5.37. The van der Waals surface area contributed by atoms with Crippen LogP contribution in [0.25, 0.3) is 0 Å². The number of amides is 2. The minimum atomic E-state index is -1.22. The summed E-state index contributed by atoms with van der Waals surface area (Å²) >= 11 is 0. The van der Waals surface area contributed by atoms with E-state index >= 15 is 0 Å². The molecule has 4 aromatic rings. The molecule has 356 valence electrons. The third-order valence-corrected chi connectivity index (χ3v) is 10.4. The average Bonchev–Trinajstić information content (AvgIpc) is 3.68. The number of hydrogen-bond acceptors (Lipinski definition) is 11. The molecule has 6 rings (SSSR count). The Hall–Kier alpha value is -6.66. The number of nitrogens with one attached hydrogen (secondary N) is 2. The Labute approximate surface area is 385 Å². The van der Waals surface area contributed by atoms with Gasteiger partial charge in [-0.15, -0.1) is 0 Å². The molecule has 18 nitrogen and oxygen atoms in total. The fraction of sp³-hybridized carbons (Fsp3) is 0.458. The predicted molar refractivity (Wildman–Crippen MR) is 248 cm³/mol. The van der Waals surface area contributed by atoms with E-state index in [0.29, 0.717) is 49.7 Å². The molecular formula is C48H64N8O10. The summed E-state index contributed by atoms with van der Waals surface area (Å²) < 4.78 is 21.7. The maximum Gasteiger partial charge on any atom is 0.410 e. The first-order valence-electron chi connectivity index (χ1n) is 22.0. The number of imidazole rings is 2. The molecule has 18 heteroatoms. The number of benzene rings is 2. The third-order valence-electron chi connectivity index (χ3n) is 10.4. The fourth-order valence-electron chi connectivity index (χ4n) is 7.47. The number of aromatic nitrogens is 4. The van der Waals surface area contributed by atoms with Crippen molar-refractivity contribution in [3.05, 3.63) is 140 Å². The van der Waals surface area contributed by atoms with Gasteiger partial charge in [0.2, 0.25) is 0 Å². The summed E-state index contributed by atoms with van der Waals surface area (Å²) in [6.07, 6.45) is -1.02. The molecule has 0 fully saturated rings. The Balaban J connectivity index is 0.000000248. The summed E-state index contributed by atoms with van der Waals surface area (Å²) in [6.45, 7) is 24.3. The highest BCUT2D eigenvalue weighted by atomic mass is 16.6. The van der Waals surface area contributed by atoms with E-state index in [1.807, 2.05) is 60.7 Å². The van der Waals surface area contributed by atoms with Gasteiger partial charge in [0.25, 0.3) is 0 Å². The molecule has 0 aliphatic carbocycles. The van der Waals surface area contributed by atoms with Crippen LogP contribution >= 0.6 is 0 Å². The average molecular weight is 913 g/mol. The lowest BCUT2D eigenvalue weighted by Gasteiger charge is -2.30. The molecule has 2 aromatic carbocycles. The minimum absolute atomic E-state index is 0.00246. The summed E-state index contributed by atoms with van der Waals surface area (Å²) in [5, 5.41) is 16.4. The number of hydrogen-bond donors (Lipinski definition) is 3. The van der Waals surface area contributed by atoms with Crippen molar-refractivity contribution in [2.24, 2.45) is 0 Å². The van der Waals surface area contributed by atoms with Gasteiger partial charge in [-0.3, -0.25) is 18.3 Å². The number of rotatable bonds is 15.